The summed E-state index contributed by atoms with van der Waals surface area (Å²) in [6.45, 7) is 8.75. The molecule has 0 bridgehead atoms. The first-order valence-corrected chi connectivity index (χ1v) is 8.76. The van der Waals surface area contributed by atoms with E-state index in [4.69, 9.17) is 9.26 Å². The molecule has 1 heterocycles. The van der Waals surface area contributed by atoms with Crippen LogP contribution in [0.15, 0.2) is 39.8 Å². The van der Waals surface area contributed by atoms with Crippen LogP contribution in [0.3, 0.4) is 0 Å². The van der Waals surface area contributed by atoms with Gasteiger partial charge in [-0.25, -0.2) is 4.99 Å². The van der Waals surface area contributed by atoms with E-state index in [2.05, 4.69) is 34.2 Å². The maximum Gasteiger partial charge on any atom is 0.194 e. The van der Waals surface area contributed by atoms with Gasteiger partial charge in [0, 0.05) is 19.7 Å². The highest BCUT2D eigenvalue weighted by Crippen LogP contribution is 2.15. The van der Waals surface area contributed by atoms with Crippen molar-refractivity contribution in [2.45, 2.75) is 33.7 Å². The van der Waals surface area contributed by atoms with Gasteiger partial charge in [0.1, 0.15) is 18.9 Å². The summed E-state index contributed by atoms with van der Waals surface area (Å²) in [6, 6.07) is 9.99. The number of nitrogens with zero attached hydrogens (tertiary/aromatic N) is 3. The summed E-state index contributed by atoms with van der Waals surface area (Å²) in [6.07, 6.45) is 0.865. The van der Waals surface area contributed by atoms with Crippen LogP contribution in [-0.2, 0) is 13.0 Å². The summed E-state index contributed by atoms with van der Waals surface area (Å²) in [5.74, 6) is 2.52. The monoisotopic (exact) mass is 472 g/mol. The molecule has 0 radical (unpaired) electrons. The fourth-order valence-electron chi connectivity index (χ4n) is 2.34. The third-order valence-electron chi connectivity index (χ3n) is 3.83. The van der Waals surface area contributed by atoms with E-state index in [-0.39, 0.29) is 24.0 Å². The number of aliphatic imine (C=N–C) groups is 1. The minimum Gasteiger partial charge on any atom is -0.491 e. The zero-order chi connectivity index (χ0) is 18.1. The number of ether oxygens (including phenoxy) is 1. The zero-order valence-electron chi connectivity index (χ0n) is 16.0. The molecule has 0 amide bonds. The summed E-state index contributed by atoms with van der Waals surface area (Å²) in [7, 11) is 2.00. The molecule has 26 heavy (non-hydrogen) atoms. The molecule has 6 nitrogen and oxygen atoms in total. The van der Waals surface area contributed by atoms with Crippen LogP contribution in [0, 0.1) is 6.92 Å². The molecule has 2 rings (SSSR count). The molecule has 7 heteroatoms. The number of guanidine groups is 1. The maximum absolute atomic E-state index is 5.86. The topological polar surface area (TPSA) is 62.9 Å². The van der Waals surface area contributed by atoms with E-state index in [9.17, 15) is 0 Å². The van der Waals surface area contributed by atoms with Crippen molar-refractivity contribution in [2.24, 2.45) is 4.99 Å². The Hall–Kier alpha value is -1.77. The highest BCUT2D eigenvalue weighted by atomic mass is 127. The number of likely N-dealkylation sites (N-methyl/N-ethyl adjacent to an activating group) is 1. The molecule has 1 aromatic heterocycles. The minimum absolute atomic E-state index is 0. The normalized spacial score (nSPS) is 11.0. The number of para-hydroxylation sites is 1. The van der Waals surface area contributed by atoms with Crippen LogP contribution in [0.4, 0.5) is 0 Å². The fourth-order valence-corrected chi connectivity index (χ4v) is 2.34. The van der Waals surface area contributed by atoms with Crippen LogP contribution in [0.1, 0.15) is 30.9 Å². The Morgan fingerprint density at radius 3 is 2.73 bits per heavy atom. The first kappa shape index (κ1) is 22.3. The average Bonchev–Trinajstić information content (AvgIpc) is 3.08. The zero-order valence-corrected chi connectivity index (χ0v) is 18.3. The van der Waals surface area contributed by atoms with E-state index in [0.717, 1.165) is 48.2 Å². The molecule has 0 saturated heterocycles. The molecule has 0 atom stereocenters. The van der Waals surface area contributed by atoms with Crippen LogP contribution in [0.2, 0.25) is 0 Å². The van der Waals surface area contributed by atoms with Gasteiger partial charge in [0.25, 0.3) is 0 Å². The highest BCUT2D eigenvalue weighted by molar-refractivity contribution is 14.0. The molecule has 0 fully saturated rings. The van der Waals surface area contributed by atoms with Crippen molar-refractivity contribution < 1.29 is 9.26 Å². The molecular formula is C19H29IN4O2. The SMILES string of the molecule is CCNC(=NCc1cc(CC)no1)N(C)CCOc1ccccc1C.I. The first-order valence-electron chi connectivity index (χ1n) is 8.76. The Kier molecular flexibility index (Phi) is 10.1. The lowest BCUT2D eigenvalue weighted by molar-refractivity contribution is 0.279. The summed E-state index contributed by atoms with van der Waals surface area (Å²) in [5, 5.41) is 7.29. The first-order chi connectivity index (χ1) is 12.1. The number of aromatic nitrogens is 1. The molecule has 0 aliphatic carbocycles. The van der Waals surface area contributed by atoms with Gasteiger partial charge in [0.2, 0.25) is 0 Å². The second-order valence-corrected chi connectivity index (χ2v) is 5.84. The predicted octanol–water partition coefficient (Wildman–Crippen LogP) is 3.64. The van der Waals surface area contributed by atoms with Crippen LogP contribution in [-0.4, -0.2) is 42.8 Å². The number of aryl methyl sites for hydroxylation is 2. The van der Waals surface area contributed by atoms with Crippen molar-refractivity contribution in [2.75, 3.05) is 26.7 Å². The molecular weight excluding hydrogens is 443 g/mol. The lowest BCUT2D eigenvalue weighted by Gasteiger charge is -2.22. The number of rotatable bonds is 8. The summed E-state index contributed by atoms with van der Waals surface area (Å²) < 4.78 is 11.2. The van der Waals surface area contributed by atoms with Crippen molar-refractivity contribution >= 4 is 29.9 Å². The van der Waals surface area contributed by atoms with Gasteiger partial charge in [0.15, 0.2) is 11.7 Å². The Labute approximate surface area is 173 Å². The van der Waals surface area contributed by atoms with E-state index in [1.165, 1.54) is 0 Å². The van der Waals surface area contributed by atoms with Crippen molar-refractivity contribution in [3.8, 4) is 5.75 Å². The van der Waals surface area contributed by atoms with Gasteiger partial charge < -0.3 is 19.5 Å². The van der Waals surface area contributed by atoms with Crippen molar-refractivity contribution in [3.63, 3.8) is 0 Å². The van der Waals surface area contributed by atoms with Gasteiger partial charge >= 0.3 is 0 Å². The fraction of sp³-hybridized carbons (Fsp3) is 0.474. The van der Waals surface area contributed by atoms with E-state index >= 15 is 0 Å². The van der Waals surface area contributed by atoms with Crippen LogP contribution in [0.5, 0.6) is 5.75 Å². The smallest absolute Gasteiger partial charge is 0.194 e. The molecule has 0 unspecified atom stereocenters. The largest absolute Gasteiger partial charge is 0.491 e. The second kappa shape index (κ2) is 11.8. The molecule has 0 saturated carbocycles. The van der Waals surface area contributed by atoms with Gasteiger partial charge in [-0.3, -0.25) is 0 Å². The van der Waals surface area contributed by atoms with E-state index in [1.807, 2.05) is 44.3 Å². The molecule has 1 N–H and O–H groups in total. The van der Waals surface area contributed by atoms with Gasteiger partial charge in [-0.15, -0.1) is 24.0 Å². The summed E-state index contributed by atoms with van der Waals surface area (Å²) >= 11 is 0. The molecule has 2 aromatic rings. The number of benzene rings is 1. The van der Waals surface area contributed by atoms with Crippen LogP contribution in [0.25, 0.3) is 0 Å². The van der Waals surface area contributed by atoms with Crippen LogP contribution < -0.4 is 10.1 Å². The van der Waals surface area contributed by atoms with Gasteiger partial charge in [-0.1, -0.05) is 30.3 Å². The number of hydrogen-bond acceptors (Lipinski definition) is 4. The maximum atomic E-state index is 5.86. The van der Waals surface area contributed by atoms with E-state index < -0.39 is 0 Å². The van der Waals surface area contributed by atoms with Gasteiger partial charge in [-0.2, -0.15) is 0 Å². The van der Waals surface area contributed by atoms with Gasteiger partial charge in [-0.05, 0) is 31.9 Å². The number of hydrogen-bond donors (Lipinski definition) is 1. The van der Waals surface area contributed by atoms with E-state index in [1.54, 1.807) is 0 Å². The van der Waals surface area contributed by atoms with Crippen LogP contribution >= 0.6 is 24.0 Å². The lowest BCUT2D eigenvalue weighted by Crippen LogP contribution is -2.40. The highest BCUT2D eigenvalue weighted by Gasteiger charge is 2.08. The molecule has 144 valence electrons. The summed E-state index contributed by atoms with van der Waals surface area (Å²) in [5.41, 5.74) is 2.10. The van der Waals surface area contributed by atoms with Crippen molar-refractivity contribution in [3.05, 3.63) is 47.3 Å². The lowest BCUT2D eigenvalue weighted by atomic mass is 10.2. The standard InChI is InChI=1S/C19H28N4O2.HI/c1-5-16-13-17(25-22-16)14-21-19(20-6-2)23(4)11-12-24-18-10-8-7-9-15(18)3;/h7-10,13H,5-6,11-12,14H2,1-4H3,(H,20,21);1H. The van der Waals surface area contributed by atoms with E-state index in [0.29, 0.717) is 13.2 Å². The van der Waals surface area contributed by atoms with Crippen molar-refractivity contribution in [1.82, 2.24) is 15.4 Å². The molecule has 0 spiro atoms. The Morgan fingerprint density at radius 2 is 2.08 bits per heavy atom. The molecule has 1 aromatic carbocycles. The quantitative estimate of drug-likeness (QED) is 0.361. The molecule has 0 aliphatic heterocycles. The molecule has 0 aliphatic rings. The third-order valence-corrected chi connectivity index (χ3v) is 3.83. The second-order valence-electron chi connectivity index (χ2n) is 5.84. The Balaban J connectivity index is 0.00000338. The minimum atomic E-state index is 0. The summed E-state index contributed by atoms with van der Waals surface area (Å²) in [4.78, 5) is 6.67. The third kappa shape index (κ3) is 6.86. The average molecular weight is 472 g/mol. The number of nitrogens with one attached hydrogen (secondary N) is 1. The Morgan fingerprint density at radius 1 is 1.31 bits per heavy atom. The predicted molar refractivity (Wildman–Crippen MR) is 115 cm³/mol. The van der Waals surface area contributed by atoms with Crippen molar-refractivity contribution in [1.29, 1.82) is 0 Å². The number of halogens is 1. The Bertz CT molecular complexity index is 688. The van der Waals surface area contributed by atoms with Gasteiger partial charge in [0.05, 0.1) is 12.2 Å².